The number of nitrogens with two attached hydrogens (primary N) is 1. The van der Waals surface area contributed by atoms with Gasteiger partial charge in [0.05, 0.1) is 12.7 Å². The number of rotatable bonds is 3. The first kappa shape index (κ1) is 13.5. The first-order chi connectivity index (χ1) is 7.42. The highest BCUT2D eigenvalue weighted by Gasteiger charge is 2.24. The molecule has 1 aliphatic rings. The monoisotopic (exact) mass is 228 g/mol. The van der Waals surface area contributed by atoms with Crippen molar-refractivity contribution >= 4 is 5.91 Å². The highest BCUT2D eigenvalue weighted by molar-refractivity contribution is 5.76. The van der Waals surface area contributed by atoms with E-state index in [-0.39, 0.29) is 17.4 Å². The summed E-state index contributed by atoms with van der Waals surface area (Å²) < 4.78 is 5.43. The summed E-state index contributed by atoms with van der Waals surface area (Å²) in [5.41, 5.74) is 5.76. The fourth-order valence-corrected chi connectivity index (χ4v) is 1.73. The van der Waals surface area contributed by atoms with Crippen molar-refractivity contribution in [2.75, 3.05) is 26.2 Å². The fraction of sp³-hybridized carbons (Fsp3) is 0.917. The van der Waals surface area contributed by atoms with E-state index in [0.29, 0.717) is 32.7 Å². The molecule has 4 heteroatoms. The summed E-state index contributed by atoms with van der Waals surface area (Å²) in [5.74, 6) is 0.233. The van der Waals surface area contributed by atoms with Crippen molar-refractivity contribution in [3.63, 3.8) is 0 Å². The molecule has 1 rings (SSSR count). The van der Waals surface area contributed by atoms with Crippen LogP contribution in [-0.2, 0) is 9.53 Å². The maximum absolute atomic E-state index is 11.9. The van der Waals surface area contributed by atoms with Crippen LogP contribution in [-0.4, -0.2) is 43.2 Å². The Morgan fingerprint density at radius 3 is 2.75 bits per heavy atom. The molecular formula is C12H24N2O2. The SMILES string of the molecule is CC(C)(C)CCC(=O)N1CCOC(CN)C1. The van der Waals surface area contributed by atoms with Crippen molar-refractivity contribution in [3.05, 3.63) is 0 Å². The second-order valence-corrected chi connectivity index (χ2v) is 5.63. The predicted molar refractivity (Wildman–Crippen MR) is 64.1 cm³/mol. The third-order valence-corrected chi connectivity index (χ3v) is 2.84. The van der Waals surface area contributed by atoms with Gasteiger partial charge < -0.3 is 15.4 Å². The number of hydrogen-bond donors (Lipinski definition) is 1. The molecule has 94 valence electrons. The van der Waals surface area contributed by atoms with Gasteiger partial charge in [-0.1, -0.05) is 20.8 Å². The average Bonchev–Trinajstić information content (AvgIpc) is 2.25. The number of ether oxygens (including phenoxy) is 1. The Kier molecular flexibility index (Phi) is 4.74. The van der Waals surface area contributed by atoms with E-state index in [0.717, 1.165) is 6.42 Å². The molecule has 1 unspecified atom stereocenters. The van der Waals surface area contributed by atoms with Gasteiger partial charge in [0.1, 0.15) is 0 Å². The lowest BCUT2D eigenvalue weighted by Crippen LogP contribution is -2.48. The molecule has 2 N–H and O–H groups in total. The van der Waals surface area contributed by atoms with Gasteiger partial charge in [0.15, 0.2) is 0 Å². The molecule has 0 aromatic carbocycles. The maximum Gasteiger partial charge on any atom is 0.222 e. The molecule has 1 amide bonds. The minimum absolute atomic E-state index is 0.0207. The van der Waals surface area contributed by atoms with E-state index in [1.54, 1.807) is 0 Å². The zero-order valence-electron chi connectivity index (χ0n) is 10.7. The highest BCUT2D eigenvalue weighted by atomic mass is 16.5. The third kappa shape index (κ3) is 4.49. The molecular weight excluding hydrogens is 204 g/mol. The first-order valence-corrected chi connectivity index (χ1v) is 6.02. The van der Waals surface area contributed by atoms with Gasteiger partial charge in [-0.3, -0.25) is 4.79 Å². The predicted octanol–water partition coefficient (Wildman–Crippen LogP) is 0.999. The lowest BCUT2D eigenvalue weighted by Gasteiger charge is -2.33. The number of hydrogen-bond acceptors (Lipinski definition) is 3. The Morgan fingerprint density at radius 2 is 2.19 bits per heavy atom. The minimum atomic E-state index is 0.0207. The summed E-state index contributed by atoms with van der Waals surface area (Å²) in [6.45, 7) is 8.93. The van der Waals surface area contributed by atoms with E-state index in [4.69, 9.17) is 10.5 Å². The molecule has 0 aromatic rings. The van der Waals surface area contributed by atoms with Crippen LogP contribution >= 0.6 is 0 Å². The molecule has 1 aliphatic heterocycles. The Bertz CT molecular complexity index is 236. The number of morpholine rings is 1. The van der Waals surface area contributed by atoms with Gasteiger partial charge in [-0.2, -0.15) is 0 Å². The van der Waals surface area contributed by atoms with Crippen molar-refractivity contribution in [3.8, 4) is 0 Å². The van der Waals surface area contributed by atoms with E-state index >= 15 is 0 Å². The van der Waals surface area contributed by atoms with Gasteiger partial charge in [0.2, 0.25) is 5.91 Å². The van der Waals surface area contributed by atoms with E-state index in [1.807, 2.05) is 4.90 Å². The second kappa shape index (κ2) is 5.64. The largest absolute Gasteiger partial charge is 0.373 e. The van der Waals surface area contributed by atoms with Gasteiger partial charge in [0.25, 0.3) is 0 Å². The molecule has 16 heavy (non-hydrogen) atoms. The van der Waals surface area contributed by atoms with Crippen molar-refractivity contribution in [1.82, 2.24) is 4.90 Å². The van der Waals surface area contributed by atoms with Crippen LogP contribution in [0.25, 0.3) is 0 Å². The van der Waals surface area contributed by atoms with Crippen molar-refractivity contribution in [1.29, 1.82) is 0 Å². The third-order valence-electron chi connectivity index (χ3n) is 2.84. The number of amides is 1. The maximum atomic E-state index is 11.9. The van der Waals surface area contributed by atoms with Crippen LogP contribution in [0.1, 0.15) is 33.6 Å². The quantitative estimate of drug-likeness (QED) is 0.784. The summed E-state index contributed by atoms with van der Waals surface area (Å²) in [4.78, 5) is 13.8. The molecule has 0 saturated carbocycles. The summed E-state index contributed by atoms with van der Waals surface area (Å²) in [7, 11) is 0. The molecule has 1 saturated heterocycles. The fourth-order valence-electron chi connectivity index (χ4n) is 1.73. The highest BCUT2D eigenvalue weighted by Crippen LogP contribution is 2.21. The molecule has 4 nitrogen and oxygen atoms in total. The summed E-state index contributed by atoms with van der Waals surface area (Å²) in [6.07, 6.45) is 1.57. The second-order valence-electron chi connectivity index (χ2n) is 5.63. The van der Waals surface area contributed by atoms with Crippen molar-refractivity contribution < 1.29 is 9.53 Å². The van der Waals surface area contributed by atoms with Crippen LogP contribution in [0.3, 0.4) is 0 Å². The molecule has 0 spiro atoms. The number of carbonyl (C=O) groups excluding carboxylic acids is 1. The molecule has 0 aliphatic carbocycles. The average molecular weight is 228 g/mol. The van der Waals surface area contributed by atoms with E-state index in [2.05, 4.69) is 20.8 Å². The van der Waals surface area contributed by atoms with Gasteiger partial charge in [-0.25, -0.2) is 0 Å². The van der Waals surface area contributed by atoms with Crippen LogP contribution in [0.15, 0.2) is 0 Å². The zero-order chi connectivity index (χ0) is 12.2. The molecule has 1 fully saturated rings. The topological polar surface area (TPSA) is 55.6 Å². The molecule has 1 heterocycles. The Morgan fingerprint density at radius 1 is 1.50 bits per heavy atom. The lowest BCUT2D eigenvalue weighted by atomic mass is 9.90. The van der Waals surface area contributed by atoms with Gasteiger partial charge >= 0.3 is 0 Å². The van der Waals surface area contributed by atoms with Crippen LogP contribution in [0.5, 0.6) is 0 Å². The molecule has 0 aromatic heterocycles. The lowest BCUT2D eigenvalue weighted by molar-refractivity contribution is -0.138. The van der Waals surface area contributed by atoms with Crippen molar-refractivity contribution in [2.45, 2.75) is 39.7 Å². The normalized spacial score (nSPS) is 22.2. The van der Waals surface area contributed by atoms with Crippen LogP contribution in [0, 0.1) is 5.41 Å². The minimum Gasteiger partial charge on any atom is -0.373 e. The smallest absolute Gasteiger partial charge is 0.222 e. The first-order valence-electron chi connectivity index (χ1n) is 6.02. The van der Waals surface area contributed by atoms with Crippen molar-refractivity contribution in [2.24, 2.45) is 11.1 Å². The zero-order valence-corrected chi connectivity index (χ0v) is 10.7. The molecule has 0 radical (unpaired) electrons. The van der Waals surface area contributed by atoms with Crippen LogP contribution in [0.2, 0.25) is 0 Å². The molecule has 0 bridgehead atoms. The number of nitrogens with zero attached hydrogens (tertiary/aromatic N) is 1. The van der Waals surface area contributed by atoms with E-state index in [1.165, 1.54) is 0 Å². The van der Waals surface area contributed by atoms with Crippen LogP contribution in [0.4, 0.5) is 0 Å². The van der Waals surface area contributed by atoms with Gasteiger partial charge in [-0.05, 0) is 11.8 Å². The Labute approximate surface area is 98.1 Å². The summed E-state index contributed by atoms with van der Waals surface area (Å²) in [6, 6.07) is 0. The molecule has 1 atom stereocenters. The summed E-state index contributed by atoms with van der Waals surface area (Å²) >= 11 is 0. The van der Waals surface area contributed by atoms with Crippen LogP contribution < -0.4 is 5.73 Å². The van der Waals surface area contributed by atoms with E-state index < -0.39 is 0 Å². The van der Waals surface area contributed by atoms with Gasteiger partial charge in [-0.15, -0.1) is 0 Å². The summed E-state index contributed by atoms with van der Waals surface area (Å²) in [5, 5.41) is 0. The Hall–Kier alpha value is -0.610. The van der Waals surface area contributed by atoms with Gasteiger partial charge in [0, 0.05) is 26.1 Å². The Balaban J connectivity index is 2.36. The number of carbonyl (C=O) groups is 1. The standard InChI is InChI=1S/C12H24N2O2/c1-12(2,3)5-4-11(15)14-6-7-16-10(8-13)9-14/h10H,4-9,13H2,1-3H3. The van der Waals surface area contributed by atoms with E-state index in [9.17, 15) is 4.79 Å².